The van der Waals surface area contributed by atoms with Gasteiger partial charge in [-0.3, -0.25) is 4.79 Å². The number of thiophene rings is 1. The van der Waals surface area contributed by atoms with E-state index in [9.17, 15) is 13.2 Å². The zero-order valence-corrected chi connectivity index (χ0v) is 15.5. The number of morpholine rings is 1. The Labute approximate surface area is 151 Å². The van der Waals surface area contributed by atoms with E-state index >= 15 is 0 Å². The maximum atomic E-state index is 12.8. The zero-order chi connectivity index (χ0) is 17.9. The molecule has 0 bridgehead atoms. The van der Waals surface area contributed by atoms with Crippen molar-refractivity contribution in [1.29, 1.82) is 0 Å². The molecule has 8 heteroatoms. The highest BCUT2D eigenvalue weighted by Crippen LogP contribution is 2.28. The summed E-state index contributed by atoms with van der Waals surface area (Å²) >= 11 is 1.20. The van der Waals surface area contributed by atoms with Crippen LogP contribution in [0.25, 0.3) is 0 Å². The summed E-state index contributed by atoms with van der Waals surface area (Å²) in [5.41, 5.74) is 0.991. The Balaban J connectivity index is 1.74. The van der Waals surface area contributed by atoms with Crippen molar-refractivity contribution >= 4 is 27.3 Å². The lowest BCUT2D eigenvalue weighted by Crippen LogP contribution is -2.40. The van der Waals surface area contributed by atoms with Crippen molar-refractivity contribution in [3.05, 3.63) is 51.7 Å². The molecular formula is C17H20N2O4S2. The second kappa shape index (κ2) is 7.65. The predicted molar refractivity (Wildman–Crippen MR) is 96.2 cm³/mol. The van der Waals surface area contributed by atoms with Crippen LogP contribution in [0.2, 0.25) is 0 Å². The summed E-state index contributed by atoms with van der Waals surface area (Å²) in [5, 5.41) is 2.83. The number of benzene rings is 1. The summed E-state index contributed by atoms with van der Waals surface area (Å²) in [7, 11) is -3.59. The van der Waals surface area contributed by atoms with Crippen LogP contribution in [-0.2, 0) is 21.3 Å². The molecule has 0 unspecified atom stereocenters. The van der Waals surface area contributed by atoms with E-state index in [2.05, 4.69) is 5.32 Å². The number of carbonyl (C=O) groups excluding carboxylic acids is 1. The van der Waals surface area contributed by atoms with Crippen molar-refractivity contribution < 1.29 is 17.9 Å². The van der Waals surface area contributed by atoms with Crippen molar-refractivity contribution in [2.45, 2.75) is 18.4 Å². The van der Waals surface area contributed by atoms with Crippen LogP contribution < -0.4 is 5.32 Å². The maximum absolute atomic E-state index is 12.8. The van der Waals surface area contributed by atoms with Gasteiger partial charge in [-0.2, -0.15) is 4.31 Å². The van der Waals surface area contributed by atoms with Crippen LogP contribution in [0.3, 0.4) is 0 Å². The van der Waals surface area contributed by atoms with Gasteiger partial charge < -0.3 is 10.1 Å². The molecule has 0 aliphatic carbocycles. The van der Waals surface area contributed by atoms with Gasteiger partial charge in [-0.05, 0) is 18.6 Å². The molecule has 1 N–H and O–H groups in total. The molecule has 1 aromatic carbocycles. The van der Waals surface area contributed by atoms with Crippen LogP contribution in [-0.4, -0.2) is 44.9 Å². The number of carbonyl (C=O) groups is 1. The van der Waals surface area contributed by atoms with Gasteiger partial charge >= 0.3 is 0 Å². The molecule has 1 fully saturated rings. The van der Waals surface area contributed by atoms with E-state index in [0.29, 0.717) is 42.6 Å². The summed E-state index contributed by atoms with van der Waals surface area (Å²) in [4.78, 5) is 13.6. The van der Waals surface area contributed by atoms with Gasteiger partial charge in [-0.1, -0.05) is 30.3 Å². The van der Waals surface area contributed by atoms with E-state index in [1.54, 1.807) is 6.92 Å². The largest absolute Gasteiger partial charge is 0.379 e. The van der Waals surface area contributed by atoms with Gasteiger partial charge in [-0.25, -0.2) is 8.42 Å². The number of sulfonamides is 1. The Hall–Kier alpha value is -1.74. The highest BCUT2D eigenvalue weighted by atomic mass is 32.2. The molecule has 0 saturated carbocycles. The molecule has 1 aromatic heterocycles. The molecule has 25 heavy (non-hydrogen) atoms. The van der Waals surface area contributed by atoms with E-state index in [-0.39, 0.29) is 10.8 Å². The first-order chi connectivity index (χ1) is 12.0. The van der Waals surface area contributed by atoms with E-state index in [1.165, 1.54) is 21.7 Å². The molecule has 0 spiro atoms. The van der Waals surface area contributed by atoms with Gasteiger partial charge in [0.1, 0.15) is 0 Å². The van der Waals surface area contributed by atoms with Gasteiger partial charge in [0.15, 0.2) is 0 Å². The summed E-state index contributed by atoms with van der Waals surface area (Å²) in [5.74, 6) is -0.264. The standard InChI is InChI=1S/C17H20N2O4S2/c1-13-16(25(21,22)19-7-9-23-10-8-19)11-15(24-13)17(20)18-12-14-5-3-2-4-6-14/h2-6,11H,7-10,12H2,1H3,(H,18,20). The topological polar surface area (TPSA) is 75.7 Å². The summed E-state index contributed by atoms with van der Waals surface area (Å²) in [6, 6.07) is 11.1. The van der Waals surface area contributed by atoms with E-state index in [4.69, 9.17) is 4.74 Å². The second-order valence-corrected chi connectivity index (χ2v) is 8.88. The van der Waals surface area contributed by atoms with Gasteiger partial charge in [0.2, 0.25) is 10.0 Å². The van der Waals surface area contributed by atoms with Crippen LogP contribution in [0.1, 0.15) is 20.1 Å². The number of nitrogens with one attached hydrogen (secondary N) is 1. The predicted octanol–water partition coefficient (Wildman–Crippen LogP) is 2.01. The Bertz CT molecular complexity index is 841. The Morgan fingerprint density at radius 3 is 2.60 bits per heavy atom. The van der Waals surface area contributed by atoms with E-state index in [1.807, 2.05) is 30.3 Å². The first-order valence-electron chi connectivity index (χ1n) is 7.99. The third-order valence-electron chi connectivity index (χ3n) is 3.98. The SMILES string of the molecule is Cc1sc(C(=O)NCc2ccccc2)cc1S(=O)(=O)N1CCOCC1. The maximum Gasteiger partial charge on any atom is 0.261 e. The first-order valence-corrected chi connectivity index (χ1v) is 10.2. The van der Waals surface area contributed by atoms with Crippen LogP contribution in [0.5, 0.6) is 0 Å². The van der Waals surface area contributed by atoms with Gasteiger partial charge in [0.05, 0.1) is 23.0 Å². The molecule has 1 aliphatic heterocycles. The quantitative estimate of drug-likeness (QED) is 0.861. The number of hydrogen-bond donors (Lipinski definition) is 1. The minimum atomic E-state index is -3.59. The number of rotatable bonds is 5. The third kappa shape index (κ3) is 4.09. The molecule has 1 amide bonds. The van der Waals surface area contributed by atoms with Crippen molar-refractivity contribution in [3.63, 3.8) is 0 Å². The molecule has 1 saturated heterocycles. The first kappa shape index (κ1) is 18.1. The van der Waals surface area contributed by atoms with E-state index in [0.717, 1.165) is 5.56 Å². The molecule has 134 valence electrons. The van der Waals surface area contributed by atoms with Crippen LogP contribution in [0.15, 0.2) is 41.3 Å². The van der Waals surface area contributed by atoms with E-state index < -0.39 is 10.0 Å². The Morgan fingerprint density at radius 1 is 1.24 bits per heavy atom. The lowest BCUT2D eigenvalue weighted by Gasteiger charge is -2.25. The normalized spacial score (nSPS) is 15.9. The third-order valence-corrected chi connectivity index (χ3v) is 7.18. The highest BCUT2D eigenvalue weighted by molar-refractivity contribution is 7.89. The fourth-order valence-electron chi connectivity index (χ4n) is 2.62. The summed E-state index contributed by atoms with van der Waals surface area (Å²) in [6.45, 7) is 3.61. The number of amides is 1. The number of hydrogen-bond acceptors (Lipinski definition) is 5. The second-order valence-electron chi connectivity index (χ2n) is 5.72. The smallest absolute Gasteiger partial charge is 0.261 e. The Kier molecular flexibility index (Phi) is 5.53. The minimum absolute atomic E-state index is 0.212. The molecule has 0 radical (unpaired) electrons. The average Bonchev–Trinajstić information content (AvgIpc) is 3.04. The average molecular weight is 380 g/mol. The minimum Gasteiger partial charge on any atom is -0.379 e. The molecule has 0 atom stereocenters. The lowest BCUT2D eigenvalue weighted by molar-refractivity contribution is 0.0730. The Morgan fingerprint density at radius 2 is 1.92 bits per heavy atom. The molecular weight excluding hydrogens is 360 g/mol. The van der Waals surface area contributed by atoms with Crippen LogP contribution in [0.4, 0.5) is 0 Å². The lowest BCUT2D eigenvalue weighted by atomic mass is 10.2. The number of nitrogens with zero attached hydrogens (tertiary/aromatic N) is 1. The number of aryl methyl sites for hydroxylation is 1. The van der Waals surface area contributed by atoms with Gasteiger partial charge in [-0.15, -0.1) is 11.3 Å². The summed E-state index contributed by atoms with van der Waals surface area (Å²) in [6.07, 6.45) is 0. The zero-order valence-electron chi connectivity index (χ0n) is 13.9. The van der Waals surface area contributed by atoms with Crippen molar-refractivity contribution in [2.24, 2.45) is 0 Å². The molecule has 2 heterocycles. The van der Waals surface area contributed by atoms with Crippen molar-refractivity contribution in [2.75, 3.05) is 26.3 Å². The molecule has 2 aromatic rings. The fraction of sp³-hybridized carbons (Fsp3) is 0.353. The fourth-order valence-corrected chi connectivity index (χ4v) is 5.51. The molecule has 3 rings (SSSR count). The van der Waals surface area contributed by atoms with Crippen LogP contribution in [0, 0.1) is 6.92 Å². The monoisotopic (exact) mass is 380 g/mol. The van der Waals surface area contributed by atoms with Crippen molar-refractivity contribution in [3.8, 4) is 0 Å². The van der Waals surface area contributed by atoms with Crippen LogP contribution >= 0.6 is 11.3 Å². The highest BCUT2D eigenvalue weighted by Gasteiger charge is 2.30. The molecule has 6 nitrogen and oxygen atoms in total. The van der Waals surface area contributed by atoms with Gasteiger partial charge in [0.25, 0.3) is 5.91 Å². The van der Waals surface area contributed by atoms with Gasteiger partial charge in [0, 0.05) is 24.5 Å². The molecule has 1 aliphatic rings. The number of ether oxygens (including phenoxy) is 1. The van der Waals surface area contributed by atoms with Crippen molar-refractivity contribution in [1.82, 2.24) is 9.62 Å². The summed E-state index contributed by atoms with van der Waals surface area (Å²) < 4.78 is 32.2.